The number of alkyl halides is 1. The van der Waals surface area contributed by atoms with E-state index in [9.17, 15) is 4.79 Å². The van der Waals surface area contributed by atoms with Crippen LogP contribution in [0, 0.1) is 16.7 Å². The predicted octanol–water partition coefficient (Wildman–Crippen LogP) is 2.36. The van der Waals surface area contributed by atoms with Gasteiger partial charge in [-0.1, -0.05) is 20.8 Å². The fourth-order valence-electron chi connectivity index (χ4n) is 4.02. The van der Waals surface area contributed by atoms with Crippen LogP contribution in [0.1, 0.15) is 33.6 Å². The molecule has 0 aromatic carbocycles. The van der Waals surface area contributed by atoms with Crippen molar-refractivity contribution in [2.45, 2.75) is 45.5 Å². The van der Waals surface area contributed by atoms with E-state index in [1.165, 1.54) is 0 Å². The van der Waals surface area contributed by atoms with Crippen LogP contribution in [0.5, 0.6) is 0 Å². The first-order valence-electron chi connectivity index (χ1n) is 6.31. The summed E-state index contributed by atoms with van der Waals surface area (Å²) >= 11 is 5.81. The molecule has 0 radical (unpaired) electrons. The van der Waals surface area contributed by atoms with Crippen LogP contribution in [-0.4, -0.2) is 30.2 Å². The molecule has 2 bridgehead atoms. The zero-order valence-corrected chi connectivity index (χ0v) is 11.3. The van der Waals surface area contributed by atoms with E-state index < -0.39 is 5.79 Å². The van der Waals surface area contributed by atoms with Gasteiger partial charge in [-0.3, -0.25) is 4.79 Å². The van der Waals surface area contributed by atoms with Gasteiger partial charge in [0.25, 0.3) is 0 Å². The van der Waals surface area contributed by atoms with Crippen molar-refractivity contribution in [2.75, 3.05) is 12.5 Å². The lowest BCUT2D eigenvalue weighted by atomic mass is 9.70. The van der Waals surface area contributed by atoms with Crippen LogP contribution >= 0.6 is 11.6 Å². The van der Waals surface area contributed by atoms with Gasteiger partial charge in [0.15, 0.2) is 5.78 Å². The van der Waals surface area contributed by atoms with Crippen molar-refractivity contribution in [3.05, 3.63) is 0 Å². The normalized spacial score (nSPS) is 51.6. The Morgan fingerprint density at radius 3 is 2.59 bits per heavy atom. The molecule has 0 aromatic heterocycles. The SMILES string of the molecule is CC1(C)[C@@H]2CC[C@@]1(C)C(=O)[C@]21OC[C@H](CCl)O1. The van der Waals surface area contributed by atoms with E-state index in [1.54, 1.807) is 0 Å². The maximum absolute atomic E-state index is 12.7. The Labute approximate surface area is 107 Å². The number of Topliss-reactive ketones (excluding diaryl/α,β-unsaturated/α-hetero) is 1. The van der Waals surface area contributed by atoms with Crippen molar-refractivity contribution in [1.82, 2.24) is 0 Å². The summed E-state index contributed by atoms with van der Waals surface area (Å²) in [6.45, 7) is 6.83. The van der Waals surface area contributed by atoms with Gasteiger partial charge in [0.05, 0.1) is 18.6 Å². The smallest absolute Gasteiger partial charge is 0.233 e. The summed E-state index contributed by atoms with van der Waals surface area (Å²) in [5, 5.41) is 0. The average molecular weight is 259 g/mol. The van der Waals surface area contributed by atoms with Gasteiger partial charge in [0.1, 0.15) is 0 Å². The number of hydrogen-bond acceptors (Lipinski definition) is 3. The molecule has 0 aromatic rings. The Kier molecular flexibility index (Phi) is 2.28. The third-order valence-corrected chi connectivity index (χ3v) is 5.84. The monoisotopic (exact) mass is 258 g/mol. The van der Waals surface area contributed by atoms with Crippen molar-refractivity contribution >= 4 is 17.4 Å². The molecule has 3 aliphatic rings. The molecule has 0 amide bonds. The molecule has 96 valence electrons. The average Bonchev–Trinajstić information content (AvgIpc) is 2.83. The summed E-state index contributed by atoms with van der Waals surface area (Å²) in [6.07, 6.45) is 1.81. The second-order valence-corrected chi connectivity index (χ2v) is 6.66. The summed E-state index contributed by atoms with van der Waals surface area (Å²) in [7, 11) is 0. The number of ether oxygens (including phenoxy) is 2. The number of rotatable bonds is 1. The van der Waals surface area contributed by atoms with E-state index in [2.05, 4.69) is 20.8 Å². The third kappa shape index (κ3) is 1.14. The molecule has 1 spiro atoms. The molecule has 0 N–H and O–H groups in total. The zero-order valence-electron chi connectivity index (χ0n) is 10.6. The van der Waals surface area contributed by atoms with Crippen molar-refractivity contribution in [3.8, 4) is 0 Å². The van der Waals surface area contributed by atoms with E-state index in [1.807, 2.05) is 0 Å². The molecule has 1 heterocycles. The lowest BCUT2D eigenvalue weighted by Gasteiger charge is -2.32. The molecule has 3 nitrogen and oxygen atoms in total. The largest absolute Gasteiger partial charge is 0.341 e. The van der Waals surface area contributed by atoms with Gasteiger partial charge >= 0.3 is 0 Å². The molecule has 0 unspecified atom stereocenters. The number of hydrogen-bond donors (Lipinski definition) is 0. The molecule has 1 saturated heterocycles. The van der Waals surface area contributed by atoms with Gasteiger partial charge in [-0.15, -0.1) is 11.6 Å². The second kappa shape index (κ2) is 3.25. The van der Waals surface area contributed by atoms with Crippen molar-refractivity contribution < 1.29 is 14.3 Å². The molecule has 2 saturated carbocycles. The summed E-state index contributed by atoms with van der Waals surface area (Å²) in [4.78, 5) is 12.7. The Hall–Kier alpha value is -0.120. The first-order chi connectivity index (χ1) is 7.88. The number of carbonyl (C=O) groups excluding carboxylic acids is 1. The molecule has 17 heavy (non-hydrogen) atoms. The van der Waals surface area contributed by atoms with Gasteiger partial charge in [0, 0.05) is 11.3 Å². The van der Waals surface area contributed by atoms with Crippen LogP contribution in [0.15, 0.2) is 0 Å². The Morgan fingerprint density at radius 2 is 2.12 bits per heavy atom. The second-order valence-electron chi connectivity index (χ2n) is 6.35. The van der Waals surface area contributed by atoms with Gasteiger partial charge in [0.2, 0.25) is 5.79 Å². The summed E-state index contributed by atoms with van der Waals surface area (Å²) < 4.78 is 11.7. The highest BCUT2D eigenvalue weighted by Crippen LogP contribution is 2.69. The molecule has 4 heteroatoms. The van der Waals surface area contributed by atoms with E-state index >= 15 is 0 Å². The van der Waals surface area contributed by atoms with Crippen LogP contribution < -0.4 is 0 Å². The minimum absolute atomic E-state index is 0.0503. The Balaban J connectivity index is 2.03. The van der Waals surface area contributed by atoms with Gasteiger partial charge in [-0.05, 0) is 18.3 Å². The van der Waals surface area contributed by atoms with E-state index in [0.29, 0.717) is 12.5 Å². The standard InChI is InChI=1S/C13H19ClO3/c1-11(2)9-4-5-12(11,3)10(15)13(9)16-7-8(6-14)17-13/h8-9H,4-7H2,1-3H3/t8-,9-,12-,13-/m0/s1. The number of halogens is 1. The third-order valence-electron chi connectivity index (χ3n) is 5.50. The first kappa shape index (κ1) is 11.9. The number of fused-ring (bicyclic) bond motifs is 3. The molecule has 3 fully saturated rings. The molecule has 1 aliphatic heterocycles. The van der Waals surface area contributed by atoms with Gasteiger partial charge in [-0.2, -0.15) is 0 Å². The fraction of sp³-hybridized carbons (Fsp3) is 0.923. The Bertz CT molecular complexity index is 381. The molecule has 4 atom stereocenters. The van der Waals surface area contributed by atoms with Crippen LogP contribution in [0.4, 0.5) is 0 Å². The minimum atomic E-state index is -0.990. The lowest BCUT2D eigenvalue weighted by Crippen LogP contribution is -2.48. The first-order valence-corrected chi connectivity index (χ1v) is 6.84. The van der Waals surface area contributed by atoms with Gasteiger partial charge < -0.3 is 9.47 Å². The maximum atomic E-state index is 12.7. The number of ketones is 1. The number of carbonyl (C=O) groups is 1. The predicted molar refractivity (Wildman–Crippen MR) is 63.9 cm³/mol. The van der Waals surface area contributed by atoms with Crippen LogP contribution in [0.3, 0.4) is 0 Å². The van der Waals surface area contributed by atoms with Gasteiger partial charge in [-0.25, -0.2) is 0 Å². The summed E-state index contributed by atoms with van der Waals surface area (Å²) in [5.41, 5.74) is -0.357. The lowest BCUT2D eigenvalue weighted by molar-refractivity contribution is -0.204. The van der Waals surface area contributed by atoms with Crippen LogP contribution in [0.2, 0.25) is 0 Å². The highest BCUT2D eigenvalue weighted by molar-refractivity contribution is 6.18. The molecular formula is C13H19ClO3. The molecule has 3 rings (SSSR count). The summed E-state index contributed by atoms with van der Waals surface area (Å²) in [6, 6.07) is 0. The molecule has 2 aliphatic carbocycles. The van der Waals surface area contributed by atoms with Crippen molar-refractivity contribution in [1.29, 1.82) is 0 Å². The van der Waals surface area contributed by atoms with E-state index in [0.717, 1.165) is 12.8 Å². The highest BCUT2D eigenvalue weighted by Gasteiger charge is 2.76. The Morgan fingerprint density at radius 1 is 1.41 bits per heavy atom. The van der Waals surface area contributed by atoms with Crippen LogP contribution in [-0.2, 0) is 14.3 Å². The van der Waals surface area contributed by atoms with E-state index in [4.69, 9.17) is 21.1 Å². The van der Waals surface area contributed by atoms with E-state index in [-0.39, 0.29) is 28.6 Å². The van der Waals surface area contributed by atoms with Crippen LogP contribution in [0.25, 0.3) is 0 Å². The quantitative estimate of drug-likeness (QED) is 0.678. The highest BCUT2D eigenvalue weighted by atomic mass is 35.5. The zero-order chi connectivity index (χ0) is 12.5. The summed E-state index contributed by atoms with van der Waals surface area (Å²) in [5.74, 6) is -0.297. The minimum Gasteiger partial charge on any atom is -0.341 e. The topological polar surface area (TPSA) is 35.5 Å². The fourth-order valence-corrected chi connectivity index (χ4v) is 4.18. The molecular weight excluding hydrogens is 240 g/mol. The van der Waals surface area contributed by atoms with Crippen molar-refractivity contribution in [3.63, 3.8) is 0 Å². The van der Waals surface area contributed by atoms with Crippen molar-refractivity contribution in [2.24, 2.45) is 16.7 Å². The maximum Gasteiger partial charge on any atom is 0.233 e.